The lowest BCUT2D eigenvalue weighted by atomic mass is 9.84. The van der Waals surface area contributed by atoms with Gasteiger partial charge in [-0.2, -0.15) is 4.37 Å². The summed E-state index contributed by atoms with van der Waals surface area (Å²) in [6.45, 7) is 3.34. The van der Waals surface area contributed by atoms with Crippen LogP contribution in [-0.4, -0.2) is 40.9 Å². The number of hydrogen-bond acceptors (Lipinski definition) is 4. The van der Waals surface area contributed by atoms with Gasteiger partial charge in [-0.15, -0.1) is 0 Å². The number of amides is 1. The molecule has 0 spiro atoms. The molecule has 1 aromatic heterocycles. The summed E-state index contributed by atoms with van der Waals surface area (Å²) >= 11 is 1.41. The second-order valence-electron chi connectivity index (χ2n) is 7.33. The Hall–Kier alpha value is -2.24. The normalized spacial score (nSPS) is 24.7. The van der Waals surface area contributed by atoms with Crippen molar-refractivity contribution in [3.05, 3.63) is 54.2 Å². The maximum atomic E-state index is 12.8. The summed E-state index contributed by atoms with van der Waals surface area (Å²) in [6, 6.07) is 16.8. The highest BCUT2D eigenvalue weighted by Crippen LogP contribution is 2.30. The Bertz CT molecular complexity index is 944. The summed E-state index contributed by atoms with van der Waals surface area (Å²) in [5, 5.41) is 4.21. The van der Waals surface area contributed by atoms with Crippen LogP contribution in [0.1, 0.15) is 23.3 Å². The first-order chi connectivity index (χ1) is 12.8. The number of fused-ring (bicyclic) bond motifs is 4. The third-order valence-corrected chi connectivity index (χ3v) is 6.58. The summed E-state index contributed by atoms with van der Waals surface area (Å²) in [5.74, 6) is 0.598. The first-order valence-electron chi connectivity index (χ1n) is 9.26. The molecule has 5 heteroatoms. The highest BCUT2D eigenvalue weighted by Gasteiger charge is 2.35. The minimum absolute atomic E-state index is 0.0255. The van der Waals surface area contributed by atoms with E-state index in [4.69, 9.17) is 0 Å². The monoisotopic (exact) mass is 363 g/mol. The maximum absolute atomic E-state index is 12.8. The van der Waals surface area contributed by atoms with Crippen molar-refractivity contribution in [2.45, 2.75) is 18.9 Å². The molecule has 2 bridgehead atoms. The van der Waals surface area contributed by atoms with Crippen LogP contribution in [0.2, 0.25) is 0 Å². The standard InChI is InChI=1S/C21H21N3OS/c25-21(22-18-13-24-10-8-15(18)9-11-24)20-17-7-6-16(12-19(17)26-23-20)14-4-2-1-3-5-14/h1-7,12,15,18H,8-11,13H2,(H,22,25). The fourth-order valence-corrected chi connectivity index (χ4v) is 5.09. The Labute approximate surface area is 157 Å². The van der Waals surface area contributed by atoms with Crippen LogP contribution < -0.4 is 5.32 Å². The van der Waals surface area contributed by atoms with Gasteiger partial charge in [0.25, 0.3) is 5.91 Å². The molecular formula is C21H21N3OS. The molecule has 3 aromatic rings. The molecule has 4 nitrogen and oxygen atoms in total. The molecule has 0 aliphatic carbocycles. The lowest BCUT2D eigenvalue weighted by Gasteiger charge is -2.44. The Morgan fingerprint density at radius 1 is 1.08 bits per heavy atom. The van der Waals surface area contributed by atoms with E-state index in [-0.39, 0.29) is 11.9 Å². The third kappa shape index (κ3) is 2.81. The van der Waals surface area contributed by atoms with Gasteiger partial charge >= 0.3 is 0 Å². The van der Waals surface area contributed by atoms with Gasteiger partial charge in [0.15, 0.2) is 0 Å². The molecule has 0 saturated carbocycles. The smallest absolute Gasteiger partial charge is 0.271 e. The van der Waals surface area contributed by atoms with Crippen LogP contribution in [0.3, 0.4) is 0 Å². The summed E-state index contributed by atoms with van der Waals surface area (Å²) in [5.41, 5.74) is 2.91. The van der Waals surface area contributed by atoms with Gasteiger partial charge in [0, 0.05) is 18.0 Å². The summed E-state index contributed by atoms with van der Waals surface area (Å²) in [7, 11) is 0. The first kappa shape index (κ1) is 16.0. The third-order valence-electron chi connectivity index (χ3n) is 5.77. The molecule has 3 saturated heterocycles. The van der Waals surface area contributed by atoms with Crippen LogP contribution in [0.25, 0.3) is 21.2 Å². The van der Waals surface area contributed by atoms with Crippen molar-refractivity contribution in [2.75, 3.05) is 19.6 Å². The molecule has 0 radical (unpaired) electrons. The van der Waals surface area contributed by atoms with E-state index in [1.165, 1.54) is 43.0 Å². The quantitative estimate of drug-likeness (QED) is 0.770. The largest absolute Gasteiger partial charge is 0.346 e. The molecule has 132 valence electrons. The van der Waals surface area contributed by atoms with Crippen LogP contribution in [0.4, 0.5) is 0 Å². The van der Waals surface area contributed by atoms with E-state index in [1.807, 2.05) is 24.3 Å². The Morgan fingerprint density at radius 2 is 1.88 bits per heavy atom. The van der Waals surface area contributed by atoms with Crippen molar-refractivity contribution >= 4 is 27.5 Å². The maximum Gasteiger partial charge on any atom is 0.271 e. The number of piperidine rings is 3. The number of carbonyl (C=O) groups is 1. The van der Waals surface area contributed by atoms with Gasteiger partial charge in [0.05, 0.1) is 4.70 Å². The number of benzene rings is 2. The van der Waals surface area contributed by atoms with Crippen molar-refractivity contribution in [3.63, 3.8) is 0 Å². The lowest BCUT2D eigenvalue weighted by Crippen LogP contribution is -2.57. The van der Waals surface area contributed by atoms with Crippen LogP contribution in [0.5, 0.6) is 0 Å². The van der Waals surface area contributed by atoms with Crippen molar-refractivity contribution in [2.24, 2.45) is 5.92 Å². The van der Waals surface area contributed by atoms with E-state index in [0.29, 0.717) is 11.6 Å². The van der Waals surface area contributed by atoms with Gasteiger partial charge in [-0.1, -0.05) is 42.5 Å². The SMILES string of the molecule is O=C(NC1CN2CCC1CC2)c1nsc2cc(-c3ccccc3)ccc12. The van der Waals surface area contributed by atoms with Gasteiger partial charge in [-0.3, -0.25) is 4.79 Å². The van der Waals surface area contributed by atoms with Gasteiger partial charge in [0.1, 0.15) is 5.69 Å². The highest BCUT2D eigenvalue weighted by atomic mass is 32.1. The molecule has 1 amide bonds. The van der Waals surface area contributed by atoms with Gasteiger partial charge in [-0.05, 0) is 60.6 Å². The van der Waals surface area contributed by atoms with E-state index >= 15 is 0 Å². The van der Waals surface area contributed by atoms with Crippen molar-refractivity contribution in [3.8, 4) is 11.1 Å². The van der Waals surface area contributed by atoms with Crippen molar-refractivity contribution in [1.82, 2.24) is 14.6 Å². The Balaban J connectivity index is 1.40. The van der Waals surface area contributed by atoms with Crippen molar-refractivity contribution in [1.29, 1.82) is 0 Å². The Morgan fingerprint density at radius 3 is 2.62 bits per heavy atom. The fraction of sp³-hybridized carbons (Fsp3) is 0.333. The average Bonchev–Trinajstić information content (AvgIpc) is 3.13. The molecule has 26 heavy (non-hydrogen) atoms. The minimum Gasteiger partial charge on any atom is -0.346 e. The van der Waals surface area contributed by atoms with Crippen molar-refractivity contribution < 1.29 is 4.79 Å². The van der Waals surface area contributed by atoms with E-state index in [2.05, 4.69) is 38.9 Å². The van der Waals surface area contributed by atoms with Gasteiger partial charge < -0.3 is 10.2 Å². The molecule has 1 N–H and O–H groups in total. The predicted octanol–water partition coefficient (Wildman–Crippen LogP) is 3.79. The molecule has 3 aliphatic rings. The number of carbonyl (C=O) groups excluding carboxylic acids is 1. The topological polar surface area (TPSA) is 45.2 Å². The van der Waals surface area contributed by atoms with Gasteiger partial charge in [0.2, 0.25) is 0 Å². The van der Waals surface area contributed by atoms with E-state index in [9.17, 15) is 4.79 Å². The average molecular weight is 363 g/mol. The molecule has 6 rings (SSSR count). The predicted molar refractivity (Wildman–Crippen MR) is 105 cm³/mol. The number of rotatable bonds is 3. The number of nitrogens with zero attached hydrogens (tertiary/aromatic N) is 2. The summed E-state index contributed by atoms with van der Waals surface area (Å²) in [4.78, 5) is 15.3. The van der Waals surface area contributed by atoms with E-state index in [1.54, 1.807) is 0 Å². The molecule has 2 aromatic carbocycles. The molecule has 3 aliphatic heterocycles. The van der Waals surface area contributed by atoms with E-state index in [0.717, 1.165) is 22.2 Å². The van der Waals surface area contributed by atoms with Crippen LogP contribution in [0.15, 0.2) is 48.5 Å². The van der Waals surface area contributed by atoms with E-state index < -0.39 is 0 Å². The zero-order valence-electron chi connectivity index (χ0n) is 14.5. The van der Waals surface area contributed by atoms with Crippen LogP contribution in [0, 0.1) is 5.92 Å². The Kier molecular flexibility index (Phi) is 3.98. The molecular weight excluding hydrogens is 342 g/mol. The number of hydrogen-bond donors (Lipinski definition) is 1. The number of nitrogens with one attached hydrogen (secondary N) is 1. The summed E-state index contributed by atoms with van der Waals surface area (Å²) in [6.07, 6.45) is 2.40. The van der Waals surface area contributed by atoms with Gasteiger partial charge in [-0.25, -0.2) is 0 Å². The lowest BCUT2D eigenvalue weighted by molar-refractivity contribution is 0.0619. The van der Waals surface area contributed by atoms with Crippen LogP contribution in [-0.2, 0) is 0 Å². The molecule has 4 heterocycles. The highest BCUT2D eigenvalue weighted by molar-refractivity contribution is 7.13. The minimum atomic E-state index is -0.0255. The van der Waals surface area contributed by atoms with Crippen LogP contribution >= 0.6 is 11.5 Å². The second-order valence-corrected chi connectivity index (χ2v) is 8.13. The zero-order valence-corrected chi connectivity index (χ0v) is 15.3. The molecule has 3 fully saturated rings. The second kappa shape index (κ2) is 6.49. The molecule has 1 atom stereocenters. The fourth-order valence-electron chi connectivity index (χ4n) is 4.28. The summed E-state index contributed by atoms with van der Waals surface area (Å²) < 4.78 is 5.53. The first-order valence-corrected chi connectivity index (χ1v) is 10.0. The number of aromatic nitrogens is 1. The zero-order chi connectivity index (χ0) is 17.5. The molecule has 1 unspecified atom stereocenters.